The summed E-state index contributed by atoms with van der Waals surface area (Å²) < 4.78 is 1.69. The Morgan fingerprint density at radius 2 is 2.17 bits per heavy atom. The average Bonchev–Trinajstić information content (AvgIpc) is 3.23. The van der Waals surface area contributed by atoms with E-state index in [-0.39, 0.29) is 11.9 Å². The Bertz CT molecular complexity index is 845. The second-order valence-electron chi connectivity index (χ2n) is 6.10. The highest BCUT2D eigenvalue weighted by atomic mass is 16.2. The summed E-state index contributed by atoms with van der Waals surface area (Å²) in [6.45, 7) is 2.63. The Kier molecular flexibility index (Phi) is 3.18. The number of amides is 1. The first-order valence-corrected chi connectivity index (χ1v) is 7.89. The van der Waals surface area contributed by atoms with E-state index < -0.39 is 0 Å². The third-order valence-corrected chi connectivity index (χ3v) is 4.48. The van der Waals surface area contributed by atoms with Gasteiger partial charge in [0, 0.05) is 19.8 Å². The summed E-state index contributed by atoms with van der Waals surface area (Å²) in [4.78, 5) is 22.9. The topological polar surface area (TPSA) is 66.8 Å². The molecule has 4 rings (SSSR count). The minimum Gasteiger partial charge on any atom is -0.340 e. The van der Waals surface area contributed by atoms with E-state index in [1.165, 1.54) is 0 Å². The van der Waals surface area contributed by atoms with Crippen molar-refractivity contribution in [3.8, 4) is 0 Å². The lowest BCUT2D eigenvalue weighted by Crippen LogP contribution is -2.31. The molecule has 1 atom stereocenters. The van der Waals surface area contributed by atoms with Gasteiger partial charge in [-0.05, 0) is 31.9 Å². The van der Waals surface area contributed by atoms with Crippen molar-refractivity contribution >= 4 is 16.9 Å². The molecule has 0 bridgehead atoms. The van der Waals surface area contributed by atoms with Gasteiger partial charge in [-0.2, -0.15) is 5.10 Å². The molecule has 0 aliphatic carbocycles. The zero-order valence-electron chi connectivity index (χ0n) is 13.3. The molecule has 1 aliphatic heterocycles. The third kappa shape index (κ3) is 2.30. The van der Waals surface area contributed by atoms with Crippen LogP contribution in [0.4, 0.5) is 0 Å². The number of aromatic amines is 1. The predicted molar refractivity (Wildman–Crippen MR) is 87.1 cm³/mol. The molecule has 1 amide bonds. The van der Waals surface area contributed by atoms with Crippen LogP contribution in [0, 0.1) is 6.92 Å². The fraction of sp³-hybridized carbons (Fsp3) is 0.353. The number of H-pyrrole nitrogens is 1. The number of nitrogens with zero attached hydrogens (tertiary/aromatic N) is 4. The van der Waals surface area contributed by atoms with Crippen LogP contribution in [0.2, 0.25) is 0 Å². The maximum Gasteiger partial charge on any atom is 0.257 e. The van der Waals surface area contributed by atoms with E-state index in [4.69, 9.17) is 0 Å². The van der Waals surface area contributed by atoms with Crippen LogP contribution in [-0.4, -0.2) is 37.1 Å². The van der Waals surface area contributed by atoms with Crippen LogP contribution < -0.4 is 0 Å². The van der Waals surface area contributed by atoms with Crippen molar-refractivity contribution in [1.82, 2.24) is 24.6 Å². The summed E-state index contributed by atoms with van der Waals surface area (Å²) in [5, 5.41) is 4.28. The summed E-state index contributed by atoms with van der Waals surface area (Å²) in [5.41, 5.74) is 3.40. The van der Waals surface area contributed by atoms with Gasteiger partial charge >= 0.3 is 0 Å². The van der Waals surface area contributed by atoms with Gasteiger partial charge in [0.1, 0.15) is 5.82 Å². The molecule has 1 fully saturated rings. The zero-order valence-corrected chi connectivity index (χ0v) is 13.3. The molecule has 2 aromatic heterocycles. The van der Waals surface area contributed by atoms with Crippen molar-refractivity contribution in [2.24, 2.45) is 7.05 Å². The Morgan fingerprint density at radius 3 is 2.91 bits per heavy atom. The van der Waals surface area contributed by atoms with Gasteiger partial charge in [0.05, 0.1) is 28.3 Å². The Balaban J connectivity index is 1.68. The molecular formula is C17H19N5O. The highest BCUT2D eigenvalue weighted by molar-refractivity contribution is 5.95. The van der Waals surface area contributed by atoms with Gasteiger partial charge in [0.15, 0.2) is 0 Å². The van der Waals surface area contributed by atoms with E-state index in [9.17, 15) is 4.79 Å². The average molecular weight is 309 g/mol. The number of carbonyl (C=O) groups is 1. The van der Waals surface area contributed by atoms with Crippen LogP contribution in [0.3, 0.4) is 0 Å². The second-order valence-corrected chi connectivity index (χ2v) is 6.10. The van der Waals surface area contributed by atoms with Crippen LogP contribution in [-0.2, 0) is 7.05 Å². The minimum atomic E-state index is 0.00880. The van der Waals surface area contributed by atoms with E-state index >= 15 is 0 Å². The van der Waals surface area contributed by atoms with Gasteiger partial charge < -0.3 is 9.88 Å². The maximum absolute atomic E-state index is 12.9. The van der Waals surface area contributed by atoms with Crippen molar-refractivity contribution in [2.75, 3.05) is 6.54 Å². The molecule has 1 aliphatic rings. The predicted octanol–water partition coefficient (Wildman–Crippen LogP) is 2.58. The fourth-order valence-electron chi connectivity index (χ4n) is 3.39. The smallest absolute Gasteiger partial charge is 0.257 e. The molecule has 1 saturated heterocycles. The molecule has 0 spiro atoms. The fourth-order valence-corrected chi connectivity index (χ4v) is 3.39. The third-order valence-electron chi connectivity index (χ3n) is 4.48. The van der Waals surface area contributed by atoms with E-state index in [1.54, 1.807) is 10.9 Å². The van der Waals surface area contributed by atoms with Gasteiger partial charge in [-0.3, -0.25) is 9.48 Å². The largest absolute Gasteiger partial charge is 0.340 e. The number of para-hydroxylation sites is 2. The molecule has 3 heterocycles. The quantitative estimate of drug-likeness (QED) is 0.791. The number of fused-ring (bicyclic) bond motifs is 1. The van der Waals surface area contributed by atoms with Gasteiger partial charge in [-0.15, -0.1) is 0 Å². The Morgan fingerprint density at radius 1 is 1.35 bits per heavy atom. The van der Waals surface area contributed by atoms with E-state index in [0.717, 1.165) is 41.9 Å². The summed E-state index contributed by atoms with van der Waals surface area (Å²) in [6.07, 6.45) is 3.73. The number of hydrogen-bond acceptors (Lipinski definition) is 3. The second kappa shape index (κ2) is 5.22. The van der Waals surface area contributed by atoms with Crippen molar-refractivity contribution in [2.45, 2.75) is 25.8 Å². The lowest BCUT2D eigenvalue weighted by molar-refractivity contribution is 0.0730. The maximum atomic E-state index is 12.9. The van der Waals surface area contributed by atoms with E-state index in [0.29, 0.717) is 5.56 Å². The molecule has 1 aromatic carbocycles. The van der Waals surface area contributed by atoms with Gasteiger partial charge in [-0.1, -0.05) is 12.1 Å². The van der Waals surface area contributed by atoms with Crippen LogP contribution >= 0.6 is 0 Å². The number of aromatic nitrogens is 4. The standard InChI is InChI=1S/C17H19N5O/c1-11-12(10-21(2)20-11)17(23)22-9-5-8-15(22)16-18-13-6-3-4-7-14(13)19-16/h3-4,6-7,10,15H,5,8-9H2,1-2H3,(H,18,19). The van der Waals surface area contributed by atoms with Gasteiger partial charge in [0.25, 0.3) is 5.91 Å². The number of likely N-dealkylation sites (tertiary alicyclic amines) is 1. The lowest BCUT2D eigenvalue weighted by Gasteiger charge is -2.22. The zero-order chi connectivity index (χ0) is 16.0. The summed E-state index contributed by atoms with van der Waals surface area (Å²) in [6, 6.07) is 7.97. The number of rotatable bonds is 2. The lowest BCUT2D eigenvalue weighted by atomic mass is 10.2. The molecule has 6 nitrogen and oxygen atoms in total. The molecule has 0 saturated carbocycles. The molecule has 1 unspecified atom stereocenters. The first-order chi connectivity index (χ1) is 11.1. The summed E-state index contributed by atoms with van der Waals surface area (Å²) in [7, 11) is 1.84. The van der Waals surface area contributed by atoms with Crippen molar-refractivity contribution in [3.63, 3.8) is 0 Å². The molecule has 1 N–H and O–H groups in total. The van der Waals surface area contributed by atoms with E-state index in [1.807, 2.05) is 43.1 Å². The number of imidazole rings is 1. The van der Waals surface area contributed by atoms with Gasteiger partial charge in [0.2, 0.25) is 0 Å². The van der Waals surface area contributed by atoms with Crippen molar-refractivity contribution < 1.29 is 4.79 Å². The molecule has 6 heteroatoms. The highest BCUT2D eigenvalue weighted by Crippen LogP contribution is 2.32. The highest BCUT2D eigenvalue weighted by Gasteiger charge is 2.33. The first-order valence-electron chi connectivity index (χ1n) is 7.89. The Hall–Kier alpha value is -2.63. The molecule has 0 radical (unpaired) electrons. The van der Waals surface area contributed by atoms with Gasteiger partial charge in [-0.25, -0.2) is 4.98 Å². The normalized spacial score (nSPS) is 18.0. The SMILES string of the molecule is Cc1nn(C)cc1C(=O)N1CCCC1c1nc2ccccc2[nH]1. The van der Waals surface area contributed by atoms with Crippen LogP contribution in [0.15, 0.2) is 30.5 Å². The number of hydrogen-bond donors (Lipinski definition) is 1. The van der Waals surface area contributed by atoms with Crippen molar-refractivity contribution in [1.29, 1.82) is 0 Å². The van der Waals surface area contributed by atoms with Crippen LogP contribution in [0.5, 0.6) is 0 Å². The number of carbonyl (C=O) groups excluding carboxylic acids is 1. The molecular weight excluding hydrogens is 290 g/mol. The number of benzene rings is 1. The van der Waals surface area contributed by atoms with Crippen LogP contribution in [0.25, 0.3) is 11.0 Å². The molecule has 23 heavy (non-hydrogen) atoms. The van der Waals surface area contributed by atoms with Crippen molar-refractivity contribution in [3.05, 3.63) is 47.5 Å². The molecule has 118 valence electrons. The van der Waals surface area contributed by atoms with Crippen LogP contribution in [0.1, 0.15) is 40.8 Å². The summed E-state index contributed by atoms with van der Waals surface area (Å²) in [5.74, 6) is 0.914. The number of aryl methyl sites for hydroxylation is 2. The Labute approximate surface area is 134 Å². The summed E-state index contributed by atoms with van der Waals surface area (Å²) >= 11 is 0. The molecule has 3 aromatic rings. The van der Waals surface area contributed by atoms with E-state index in [2.05, 4.69) is 15.1 Å². The monoisotopic (exact) mass is 309 g/mol. The minimum absolute atomic E-state index is 0.00880. The first kappa shape index (κ1) is 14.0. The number of nitrogens with one attached hydrogen (secondary N) is 1.